The molecule has 3 nitrogen and oxygen atoms in total. The molecule has 1 aliphatic carbocycles. The fourth-order valence-electron chi connectivity index (χ4n) is 2.70. The quantitative estimate of drug-likeness (QED) is 0.662. The van der Waals surface area contributed by atoms with Crippen molar-refractivity contribution < 1.29 is 9.47 Å². The predicted molar refractivity (Wildman–Crippen MR) is 69.3 cm³/mol. The van der Waals surface area contributed by atoms with E-state index in [4.69, 9.17) is 9.47 Å². The number of rotatable bonds is 8. The van der Waals surface area contributed by atoms with Crippen molar-refractivity contribution >= 4 is 0 Å². The predicted octanol–water partition coefficient (Wildman–Crippen LogP) is 2.49. The highest BCUT2D eigenvalue weighted by Crippen LogP contribution is 2.38. The van der Waals surface area contributed by atoms with Crippen molar-refractivity contribution in [1.29, 1.82) is 0 Å². The van der Waals surface area contributed by atoms with Gasteiger partial charge in [-0.15, -0.1) is 0 Å². The summed E-state index contributed by atoms with van der Waals surface area (Å²) in [4.78, 5) is 0. The molecule has 1 saturated heterocycles. The van der Waals surface area contributed by atoms with Crippen molar-refractivity contribution in [3.63, 3.8) is 0 Å². The Morgan fingerprint density at radius 3 is 2.76 bits per heavy atom. The Morgan fingerprint density at radius 1 is 1.29 bits per heavy atom. The maximum atomic E-state index is 6.16. The molecule has 3 heteroatoms. The van der Waals surface area contributed by atoms with E-state index in [0.29, 0.717) is 6.10 Å². The number of nitrogens with one attached hydrogen (secondary N) is 1. The molecule has 2 rings (SSSR count). The van der Waals surface area contributed by atoms with Crippen molar-refractivity contribution in [2.24, 2.45) is 0 Å². The maximum Gasteiger partial charge on any atom is 0.0809 e. The van der Waals surface area contributed by atoms with Crippen LogP contribution in [-0.2, 0) is 9.47 Å². The van der Waals surface area contributed by atoms with Gasteiger partial charge in [-0.05, 0) is 58.0 Å². The van der Waals surface area contributed by atoms with Gasteiger partial charge in [-0.3, -0.25) is 0 Å². The molecular formula is C14H27NO2. The molecule has 0 radical (unpaired) electrons. The Hall–Kier alpha value is -0.120. The maximum absolute atomic E-state index is 6.16. The third-order valence-corrected chi connectivity index (χ3v) is 4.05. The Labute approximate surface area is 105 Å². The van der Waals surface area contributed by atoms with Crippen LogP contribution in [0.2, 0.25) is 0 Å². The van der Waals surface area contributed by atoms with E-state index in [2.05, 4.69) is 12.2 Å². The van der Waals surface area contributed by atoms with E-state index in [9.17, 15) is 0 Å². The largest absolute Gasteiger partial charge is 0.376 e. The molecule has 2 fully saturated rings. The molecule has 17 heavy (non-hydrogen) atoms. The molecule has 0 amide bonds. The lowest BCUT2D eigenvalue weighted by Crippen LogP contribution is -2.44. The van der Waals surface area contributed by atoms with Crippen LogP contribution in [0.15, 0.2) is 0 Å². The smallest absolute Gasteiger partial charge is 0.0809 e. The summed E-state index contributed by atoms with van der Waals surface area (Å²) >= 11 is 0. The van der Waals surface area contributed by atoms with E-state index in [1.54, 1.807) is 0 Å². The van der Waals surface area contributed by atoms with Crippen molar-refractivity contribution in [2.45, 2.75) is 63.6 Å². The third-order valence-electron chi connectivity index (χ3n) is 4.05. The van der Waals surface area contributed by atoms with Crippen molar-refractivity contribution in [1.82, 2.24) is 5.32 Å². The third kappa shape index (κ3) is 3.94. The van der Waals surface area contributed by atoms with Crippen molar-refractivity contribution in [3.8, 4) is 0 Å². The van der Waals surface area contributed by atoms with Gasteiger partial charge in [0.2, 0.25) is 0 Å². The lowest BCUT2D eigenvalue weighted by Gasteiger charge is -2.42. The first-order chi connectivity index (χ1) is 8.35. The highest BCUT2D eigenvalue weighted by atomic mass is 16.5. The van der Waals surface area contributed by atoms with Crippen LogP contribution in [0.4, 0.5) is 0 Å². The number of ether oxygens (including phenoxy) is 2. The van der Waals surface area contributed by atoms with Gasteiger partial charge in [0.1, 0.15) is 0 Å². The van der Waals surface area contributed by atoms with E-state index in [-0.39, 0.29) is 5.60 Å². The molecule has 1 saturated carbocycles. The summed E-state index contributed by atoms with van der Waals surface area (Å²) in [5.74, 6) is 0. The first kappa shape index (κ1) is 13.3. The average molecular weight is 241 g/mol. The molecule has 0 spiro atoms. The Balaban J connectivity index is 1.63. The summed E-state index contributed by atoms with van der Waals surface area (Å²) in [5, 5.41) is 3.48. The SMILES string of the molecule is CCCNCCC1(OCC2CCCO2)CCC1. The van der Waals surface area contributed by atoms with Crippen LogP contribution >= 0.6 is 0 Å². The van der Waals surface area contributed by atoms with Crippen LogP contribution in [-0.4, -0.2) is 38.0 Å². The van der Waals surface area contributed by atoms with Gasteiger partial charge in [0.25, 0.3) is 0 Å². The molecule has 100 valence electrons. The minimum absolute atomic E-state index is 0.187. The minimum Gasteiger partial charge on any atom is -0.376 e. The van der Waals surface area contributed by atoms with Gasteiger partial charge in [0.05, 0.1) is 18.3 Å². The zero-order chi connectivity index (χ0) is 12.0. The molecular weight excluding hydrogens is 214 g/mol. The minimum atomic E-state index is 0.187. The van der Waals surface area contributed by atoms with Gasteiger partial charge in [0.15, 0.2) is 0 Å². The molecule has 1 heterocycles. The van der Waals surface area contributed by atoms with Gasteiger partial charge in [0, 0.05) is 6.61 Å². The van der Waals surface area contributed by atoms with Crippen LogP contribution in [0, 0.1) is 0 Å². The van der Waals surface area contributed by atoms with E-state index in [1.807, 2.05) is 0 Å². The fourth-order valence-corrected chi connectivity index (χ4v) is 2.70. The molecule has 0 aromatic rings. The summed E-state index contributed by atoms with van der Waals surface area (Å²) in [5.41, 5.74) is 0.187. The van der Waals surface area contributed by atoms with Crippen LogP contribution in [0.25, 0.3) is 0 Å². The molecule has 0 aromatic carbocycles. The molecule has 1 aliphatic heterocycles. The highest BCUT2D eigenvalue weighted by molar-refractivity contribution is 4.90. The molecule has 2 aliphatic rings. The van der Waals surface area contributed by atoms with E-state index in [0.717, 1.165) is 26.3 Å². The van der Waals surface area contributed by atoms with Crippen LogP contribution in [0.1, 0.15) is 51.9 Å². The standard InChI is InChI=1S/C14H27NO2/c1-2-9-15-10-8-14(6-4-7-14)17-12-13-5-3-11-16-13/h13,15H,2-12H2,1H3. The van der Waals surface area contributed by atoms with Crippen LogP contribution in [0.5, 0.6) is 0 Å². The topological polar surface area (TPSA) is 30.5 Å². The lowest BCUT2D eigenvalue weighted by atomic mass is 9.77. The lowest BCUT2D eigenvalue weighted by molar-refractivity contribution is -0.129. The Kier molecular flexibility index (Phi) is 5.26. The first-order valence-corrected chi connectivity index (χ1v) is 7.31. The first-order valence-electron chi connectivity index (χ1n) is 7.31. The zero-order valence-corrected chi connectivity index (χ0v) is 11.2. The van der Waals surface area contributed by atoms with E-state index < -0.39 is 0 Å². The second-order valence-corrected chi connectivity index (χ2v) is 5.48. The molecule has 0 aromatic heterocycles. The second-order valence-electron chi connectivity index (χ2n) is 5.48. The molecule has 1 N–H and O–H groups in total. The van der Waals surface area contributed by atoms with Gasteiger partial charge in [-0.2, -0.15) is 0 Å². The normalized spacial score (nSPS) is 27.0. The van der Waals surface area contributed by atoms with Crippen molar-refractivity contribution in [3.05, 3.63) is 0 Å². The van der Waals surface area contributed by atoms with E-state index in [1.165, 1.54) is 44.9 Å². The van der Waals surface area contributed by atoms with E-state index >= 15 is 0 Å². The average Bonchev–Trinajstić information content (AvgIpc) is 2.79. The molecule has 1 unspecified atom stereocenters. The monoisotopic (exact) mass is 241 g/mol. The summed E-state index contributed by atoms with van der Waals surface area (Å²) < 4.78 is 11.8. The van der Waals surface area contributed by atoms with Gasteiger partial charge < -0.3 is 14.8 Å². The van der Waals surface area contributed by atoms with Gasteiger partial charge in [-0.25, -0.2) is 0 Å². The summed E-state index contributed by atoms with van der Waals surface area (Å²) in [6.07, 6.45) is 8.96. The van der Waals surface area contributed by atoms with Crippen LogP contribution in [0.3, 0.4) is 0 Å². The summed E-state index contributed by atoms with van der Waals surface area (Å²) in [6.45, 7) is 6.17. The van der Waals surface area contributed by atoms with Gasteiger partial charge in [-0.1, -0.05) is 6.92 Å². The highest BCUT2D eigenvalue weighted by Gasteiger charge is 2.38. The Morgan fingerprint density at radius 2 is 2.18 bits per heavy atom. The van der Waals surface area contributed by atoms with Crippen molar-refractivity contribution in [2.75, 3.05) is 26.3 Å². The Bertz CT molecular complexity index is 210. The molecule has 0 bridgehead atoms. The molecule has 1 atom stereocenters. The summed E-state index contributed by atoms with van der Waals surface area (Å²) in [7, 11) is 0. The van der Waals surface area contributed by atoms with Crippen LogP contribution < -0.4 is 5.32 Å². The number of hydrogen-bond donors (Lipinski definition) is 1. The van der Waals surface area contributed by atoms with Gasteiger partial charge >= 0.3 is 0 Å². The summed E-state index contributed by atoms with van der Waals surface area (Å²) in [6, 6.07) is 0. The zero-order valence-electron chi connectivity index (χ0n) is 11.2. The second kappa shape index (κ2) is 6.72. The fraction of sp³-hybridized carbons (Fsp3) is 1.00. The number of hydrogen-bond acceptors (Lipinski definition) is 3.